The lowest BCUT2D eigenvalue weighted by Gasteiger charge is -2.15. The highest BCUT2D eigenvalue weighted by atomic mass is 16.1. The van der Waals surface area contributed by atoms with E-state index in [1.165, 1.54) is 38.2 Å². The van der Waals surface area contributed by atoms with Crippen LogP contribution in [0.15, 0.2) is 24.3 Å². The zero-order valence-electron chi connectivity index (χ0n) is 12.0. The highest BCUT2D eigenvalue weighted by Gasteiger charge is 2.40. The summed E-state index contributed by atoms with van der Waals surface area (Å²) in [6.07, 6.45) is 5.40. The Morgan fingerprint density at radius 3 is 2.47 bits per heavy atom. The number of carbonyl (C=O) groups excluding carboxylic acids is 1. The molecule has 1 amide bonds. The minimum atomic E-state index is -0.0267. The van der Waals surface area contributed by atoms with Gasteiger partial charge in [0.05, 0.1) is 0 Å². The molecule has 1 saturated carbocycles. The van der Waals surface area contributed by atoms with Crippen LogP contribution in [0.5, 0.6) is 0 Å². The van der Waals surface area contributed by atoms with E-state index >= 15 is 0 Å². The van der Waals surface area contributed by atoms with Crippen molar-refractivity contribution >= 4 is 11.6 Å². The Morgan fingerprint density at radius 2 is 1.95 bits per heavy atom. The van der Waals surface area contributed by atoms with E-state index < -0.39 is 0 Å². The van der Waals surface area contributed by atoms with Crippen molar-refractivity contribution in [2.75, 3.05) is 11.9 Å². The molecule has 2 rings (SSSR count). The van der Waals surface area contributed by atoms with Crippen LogP contribution in [-0.4, -0.2) is 12.5 Å². The van der Waals surface area contributed by atoms with Crippen molar-refractivity contribution in [1.29, 1.82) is 0 Å². The molecular weight excluding hydrogens is 236 g/mol. The van der Waals surface area contributed by atoms with Crippen molar-refractivity contribution in [1.82, 2.24) is 5.32 Å². The molecule has 1 aliphatic rings. The lowest BCUT2D eigenvalue weighted by Crippen LogP contribution is -2.23. The Balaban J connectivity index is 1.75. The van der Waals surface area contributed by atoms with Crippen molar-refractivity contribution in [2.24, 2.45) is 5.41 Å². The number of hydrogen-bond donors (Lipinski definition) is 2. The number of carbonyl (C=O) groups is 1. The van der Waals surface area contributed by atoms with Gasteiger partial charge in [-0.05, 0) is 42.4 Å². The maximum Gasteiger partial charge on any atom is 0.221 e. The molecule has 0 saturated heterocycles. The minimum absolute atomic E-state index is 0.0267. The maximum atomic E-state index is 10.9. The summed E-state index contributed by atoms with van der Waals surface area (Å²) in [5.41, 5.74) is 2.73. The minimum Gasteiger partial charge on any atom is -0.326 e. The van der Waals surface area contributed by atoms with Gasteiger partial charge in [-0.1, -0.05) is 25.5 Å². The van der Waals surface area contributed by atoms with E-state index in [1.54, 1.807) is 0 Å². The topological polar surface area (TPSA) is 41.1 Å². The third-order valence-corrected chi connectivity index (χ3v) is 3.84. The van der Waals surface area contributed by atoms with Crippen LogP contribution in [0.3, 0.4) is 0 Å². The molecule has 1 fully saturated rings. The number of benzene rings is 1. The number of nitrogens with one attached hydrogen (secondary N) is 2. The average Bonchev–Trinajstić information content (AvgIpc) is 3.11. The molecule has 1 aromatic carbocycles. The predicted molar refractivity (Wildman–Crippen MR) is 79.0 cm³/mol. The maximum absolute atomic E-state index is 10.9. The van der Waals surface area contributed by atoms with Gasteiger partial charge in [0.1, 0.15) is 0 Å². The van der Waals surface area contributed by atoms with Crippen LogP contribution in [0.4, 0.5) is 5.69 Å². The van der Waals surface area contributed by atoms with Gasteiger partial charge in [-0.25, -0.2) is 0 Å². The van der Waals surface area contributed by atoms with Crippen LogP contribution in [0, 0.1) is 5.41 Å². The zero-order valence-corrected chi connectivity index (χ0v) is 12.0. The lowest BCUT2D eigenvalue weighted by molar-refractivity contribution is -0.114. The van der Waals surface area contributed by atoms with E-state index in [4.69, 9.17) is 0 Å². The summed E-state index contributed by atoms with van der Waals surface area (Å²) in [5, 5.41) is 6.34. The fourth-order valence-electron chi connectivity index (χ4n) is 2.60. The van der Waals surface area contributed by atoms with Gasteiger partial charge in [0.25, 0.3) is 0 Å². The highest BCUT2D eigenvalue weighted by molar-refractivity contribution is 5.88. The van der Waals surface area contributed by atoms with Crippen molar-refractivity contribution in [2.45, 2.75) is 46.1 Å². The van der Waals surface area contributed by atoms with Gasteiger partial charge >= 0.3 is 0 Å². The molecule has 0 spiro atoms. The first-order valence-electron chi connectivity index (χ1n) is 7.21. The first kappa shape index (κ1) is 14.1. The normalized spacial score (nSPS) is 16.1. The van der Waals surface area contributed by atoms with Crippen LogP contribution in [0.2, 0.25) is 0 Å². The number of hydrogen-bond acceptors (Lipinski definition) is 2. The van der Waals surface area contributed by atoms with Crippen molar-refractivity contribution in [3.05, 3.63) is 29.8 Å². The number of anilines is 1. The van der Waals surface area contributed by atoms with E-state index in [0.29, 0.717) is 5.41 Å². The summed E-state index contributed by atoms with van der Waals surface area (Å²) >= 11 is 0. The summed E-state index contributed by atoms with van der Waals surface area (Å²) in [6, 6.07) is 8.05. The average molecular weight is 260 g/mol. The Kier molecular flexibility index (Phi) is 4.59. The number of rotatable bonds is 7. The number of amides is 1. The van der Waals surface area contributed by atoms with Gasteiger partial charge in [0, 0.05) is 25.7 Å². The van der Waals surface area contributed by atoms with Gasteiger partial charge < -0.3 is 10.6 Å². The third-order valence-electron chi connectivity index (χ3n) is 3.84. The van der Waals surface area contributed by atoms with Gasteiger partial charge in [0.15, 0.2) is 0 Å². The fourth-order valence-corrected chi connectivity index (χ4v) is 2.60. The summed E-state index contributed by atoms with van der Waals surface area (Å²) in [6.45, 7) is 5.83. The van der Waals surface area contributed by atoms with E-state index in [9.17, 15) is 4.79 Å². The summed E-state index contributed by atoms with van der Waals surface area (Å²) in [5.74, 6) is -0.0267. The summed E-state index contributed by atoms with van der Waals surface area (Å²) in [7, 11) is 0. The second-order valence-electron chi connectivity index (χ2n) is 5.73. The molecule has 0 atom stereocenters. The first-order chi connectivity index (χ1) is 9.13. The summed E-state index contributed by atoms with van der Waals surface area (Å²) in [4.78, 5) is 10.9. The molecule has 1 aromatic rings. The monoisotopic (exact) mass is 260 g/mol. The van der Waals surface area contributed by atoms with Crippen LogP contribution >= 0.6 is 0 Å². The smallest absolute Gasteiger partial charge is 0.221 e. The molecule has 0 bridgehead atoms. The second-order valence-corrected chi connectivity index (χ2v) is 5.73. The van der Waals surface area contributed by atoms with Crippen LogP contribution in [0.1, 0.15) is 45.1 Å². The van der Waals surface area contributed by atoms with E-state index in [-0.39, 0.29) is 5.91 Å². The van der Waals surface area contributed by atoms with Gasteiger partial charge in [-0.3, -0.25) is 4.79 Å². The molecule has 0 aromatic heterocycles. The standard InChI is InChI=1S/C16H24N2O/c1-3-8-16(9-10-16)12-17-11-14-4-6-15(7-5-14)18-13(2)19/h4-7,17H,3,8-12H2,1-2H3,(H,18,19). The van der Waals surface area contributed by atoms with Crippen molar-refractivity contribution < 1.29 is 4.79 Å². The van der Waals surface area contributed by atoms with Gasteiger partial charge in [0.2, 0.25) is 5.91 Å². The van der Waals surface area contributed by atoms with Crippen LogP contribution < -0.4 is 10.6 Å². The Hall–Kier alpha value is -1.35. The first-order valence-corrected chi connectivity index (χ1v) is 7.21. The SMILES string of the molecule is CCCC1(CNCc2ccc(NC(C)=O)cc2)CC1. The molecule has 2 N–H and O–H groups in total. The van der Waals surface area contributed by atoms with Crippen LogP contribution in [-0.2, 0) is 11.3 Å². The molecule has 0 radical (unpaired) electrons. The molecular formula is C16H24N2O. The van der Waals surface area contributed by atoms with E-state index in [0.717, 1.165) is 18.8 Å². The second kappa shape index (κ2) is 6.20. The highest BCUT2D eigenvalue weighted by Crippen LogP contribution is 2.48. The fraction of sp³-hybridized carbons (Fsp3) is 0.562. The zero-order chi connectivity index (χ0) is 13.7. The molecule has 0 heterocycles. The van der Waals surface area contributed by atoms with Crippen molar-refractivity contribution in [3.63, 3.8) is 0 Å². The van der Waals surface area contributed by atoms with Crippen LogP contribution in [0.25, 0.3) is 0 Å². The largest absolute Gasteiger partial charge is 0.326 e. The van der Waals surface area contributed by atoms with Crippen molar-refractivity contribution in [3.8, 4) is 0 Å². The molecule has 104 valence electrons. The molecule has 0 aliphatic heterocycles. The van der Waals surface area contributed by atoms with Gasteiger partial charge in [-0.15, -0.1) is 0 Å². The Bertz CT molecular complexity index is 421. The molecule has 19 heavy (non-hydrogen) atoms. The molecule has 1 aliphatic carbocycles. The Labute approximate surface area is 115 Å². The lowest BCUT2D eigenvalue weighted by atomic mass is 10.0. The predicted octanol–water partition coefficient (Wildman–Crippen LogP) is 3.31. The van der Waals surface area contributed by atoms with E-state index in [1.807, 2.05) is 12.1 Å². The molecule has 3 nitrogen and oxygen atoms in total. The third kappa shape index (κ3) is 4.35. The van der Waals surface area contributed by atoms with E-state index in [2.05, 4.69) is 29.7 Å². The van der Waals surface area contributed by atoms with Gasteiger partial charge in [-0.2, -0.15) is 0 Å². The molecule has 3 heteroatoms. The Morgan fingerprint density at radius 1 is 1.26 bits per heavy atom. The quantitative estimate of drug-likeness (QED) is 0.789. The molecule has 0 unspecified atom stereocenters. The summed E-state index contributed by atoms with van der Waals surface area (Å²) < 4.78 is 0.